The fourth-order valence-electron chi connectivity index (χ4n) is 2.24. The van der Waals surface area contributed by atoms with Crippen LogP contribution in [0.5, 0.6) is 5.75 Å². The average Bonchev–Trinajstić information content (AvgIpc) is 2.45. The van der Waals surface area contributed by atoms with Crippen molar-refractivity contribution in [2.75, 3.05) is 6.61 Å². The molecule has 2 aromatic carbocycles. The molecule has 0 aliphatic carbocycles. The second-order valence-corrected chi connectivity index (χ2v) is 4.86. The maximum Gasteiger partial charge on any atom is 0.124 e. The van der Waals surface area contributed by atoms with Crippen molar-refractivity contribution in [2.24, 2.45) is 5.73 Å². The maximum atomic E-state index is 13.2. The van der Waals surface area contributed by atoms with Crippen molar-refractivity contribution in [2.45, 2.75) is 26.3 Å². The van der Waals surface area contributed by atoms with Crippen molar-refractivity contribution in [3.63, 3.8) is 0 Å². The Balaban J connectivity index is 2.35. The Hall–Kier alpha value is -1.87. The van der Waals surface area contributed by atoms with E-state index in [1.54, 1.807) is 6.07 Å². The Kier molecular flexibility index (Phi) is 4.74. The third-order valence-corrected chi connectivity index (χ3v) is 3.28. The highest BCUT2D eigenvalue weighted by atomic mass is 19.1. The molecule has 2 nitrogen and oxygen atoms in total. The molecule has 3 heteroatoms. The molecule has 2 aromatic rings. The summed E-state index contributed by atoms with van der Waals surface area (Å²) < 4.78 is 18.9. The fourth-order valence-corrected chi connectivity index (χ4v) is 2.24. The number of para-hydroxylation sites is 1. The van der Waals surface area contributed by atoms with Crippen LogP contribution < -0.4 is 10.5 Å². The monoisotopic (exact) mass is 273 g/mol. The van der Waals surface area contributed by atoms with Gasteiger partial charge in [-0.1, -0.05) is 31.2 Å². The number of nitrogens with two attached hydrogens (primary N) is 1. The van der Waals surface area contributed by atoms with Gasteiger partial charge in [0, 0.05) is 5.56 Å². The number of halogens is 1. The lowest BCUT2D eigenvalue weighted by atomic mass is 9.95. The van der Waals surface area contributed by atoms with E-state index in [-0.39, 0.29) is 11.9 Å². The molecular formula is C17H20FNO. The highest BCUT2D eigenvalue weighted by molar-refractivity contribution is 5.43. The lowest BCUT2D eigenvalue weighted by Gasteiger charge is -2.19. The quantitative estimate of drug-likeness (QED) is 0.894. The lowest BCUT2D eigenvalue weighted by Crippen LogP contribution is -2.15. The summed E-state index contributed by atoms with van der Waals surface area (Å²) in [6.07, 6.45) is 0.944. The minimum atomic E-state index is -0.316. The summed E-state index contributed by atoms with van der Waals surface area (Å²) in [4.78, 5) is 0. The van der Waals surface area contributed by atoms with E-state index in [1.165, 1.54) is 12.1 Å². The summed E-state index contributed by atoms with van der Waals surface area (Å²) in [5, 5.41) is 0. The average molecular weight is 273 g/mol. The smallest absolute Gasteiger partial charge is 0.124 e. The molecule has 0 fully saturated rings. The molecule has 0 saturated carbocycles. The third kappa shape index (κ3) is 3.17. The lowest BCUT2D eigenvalue weighted by molar-refractivity contribution is 0.313. The van der Waals surface area contributed by atoms with Gasteiger partial charge in [0.15, 0.2) is 0 Å². The predicted octanol–water partition coefficient (Wildman–Crippen LogP) is 3.97. The Morgan fingerprint density at radius 3 is 2.60 bits per heavy atom. The van der Waals surface area contributed by atoms with Gasteiger partial charge in [-0.15, -0.1) is 0 Å². The minimum Gasteiger partial charge on any atom is -0.493 e. The first-order chi connectivity index (χ1) is 9.63. The summed E-state index contributed by atoms with van der Waals surface area (Å²) in [5.74, 6) is 0.555. The molecular weight excluding hydrogens is 253 g/mol. The molecule has 0 aromatic heterocycles. The molecule has 106 valence electrons. The largest absolute Gasteiger partial charge is 0.493 e. The van der Waals surface area contributed by atoms with Crippen molar-refractivity contribution < 1.29 is 9.13 Å². The molecule has 0 spiro atoms. The van der Waals surface area contributed by atoms with E-state index in [1.807, 2.05) is 31.2 Å². The van der Waals surface area contributed by atoms with Gasteiger partial charge in [0.25, 0.3) is 0 Å². The number of hydrogen-bond acceptors (Lipinski definition) is 2. The van der Waals surface area contributed by atoms with Crippen molar-refractivity contribution in [1.82, 2.24) is 0 Å². The van der Waals surface area contributed by atoms with Crippen LogP contribution in [0.1, 0.15) is 36.1 Å². The van der Waals surface area contributed by atoms with Crippen LogP contribution in [0.4, 0.5) is 4.39 Å². The molecule has 0 aliphatic heterocycles. The van der Waals surface area contributed by atoms with Crippen LogP contribution in [0.25, 0.3) is 0 Å². The van der Waals surface area contributed by atoms with Gasteiger partial charge in [-0.3, -0.25) is 0 Å². The van der Waals surface area contributed by atoms with Gasteiger partial charge in [0.05, 0.1) is 12.6 Å². The van der Waals surface area contributed by atoms with Gasteiger partial charge >= 0.3 is 0 Å². The van der Waals surface area contributed by atoms with E-state index in [0.29, 0.717) is 6.61 Å². The number of ether oxygens (including phenoxy) is 1. The van der Waals surface area contributed by atoms with E-state index in [2.05, 4.69) is 6.92 Å². The first-order valence-electron chi connectivity index (χ1n) is 6.86. The summed E-state index contributed by atoms with van der Waals surface area (Å²) >= 11 is 0. The summed E-state index contributed by atoms with van der Waals surface area (Å²) in [5.41, 5.74) is 9.03. The van der Waals surface area contributed by atoms with Gasteiger partial charge in [0.2, 0.25) is 0 Å². The van der Waals surface area contributed by atoms with Gasteiger partial charge in [-0.2, -0.15) is 0 Å². The Morgan fingerprint density at radius 2 is 1.90 bits per heavy atom. The number of hydrogen-bond donors (Lipinski definition) is 1. The Labute approximate surface area is 119 Å². The number of benzene rings is 2. The van der Waals surface area contributed by atoms with E-state index in [4.69, 9.17) is 10.5 Å². The van der Waals surface area contributed by atoms with Crippen molar-refractivity contribution in [3.8, 4) is 5.75 Å². The summed E-state index contributed by atoms with van der Waals surface area (Å²) in [6, 6.07) is 12.1. The van der Waals surface area contributed by atoms with Crippen LogP contribution in [-0.4, -0.2) is 6.61 Å². The molecule has 0 heterocycles. The van der Waals surface area contributed by atoms with Crippen LogP contribution in [0.15, 0.2) is 42.5 Å². The van der Waals surface area contributed by atoms with Gasteiger partial charge < -0.3 is 10.5 Å². The first-order valence-corrected chi connectivity index (χ1v) is 6.86. The second-order valence-electron chi connectivity index (χ2n) is 4.86. The molecule has 0 amide bonds. The molecule has 1 unspecified atom stereocenters. The van der Waals surface area contributed by atoms with Crippen molar-refractivity contribution >= 4 is 0 Å². The second kappa shape index (κ2) is 6.53. The predicted molar refractivity (Wildman–Crippen MR) is 79.4 cm³/mol. The van der Waals surface area contributed by atoms with Crippen molar-refractivity contribution in [3.05, 3.63) is 65.0 Å². The maximum absolute atomic E-state index is 13.2. The first kappa shape index (κ1) is 14.5. The molecule has 2 N–H and O–H groups in total. The molecule has 2 rings (SSSR count). The summed E-state index contributed by atoms with van der Waals surface area (Å²) in [7, 11) is 0. The number of rotatable bonds is 5. The van der Waals surface area contributed by atoms with E-state index in [0.717, 1.165) is 28.9 Å². The molecule has 0 radical (unpaired) electrons. The SMILES string of the molecule is CCCOc1ccccc1C(N)c1ccc(F)cc1C. The molecule has 0 saturated heterocycles. The van der Waals surface area contributed by atoms with E-state index < -0.39 is 0 Å². The van der Waals surface area contributed by atoms with Crippen molar-refractivity contribution in [1.29, 1.82) is 0 Å². The van der Waals surface area contributed by atoms with E-state index >= 15 is 0 Å². The summed E-state index contributed by atoms with van der Waals surface area (Å²) in [6.45, 7) is 4.59. The van der Waals surface area contributed by atoms with Crippen LogP contribution in [0.2, 0.25) is 0 Å². The zero-order valence-corrected chi connectivity index (χ0v) is 11.9. The topological polar surface area (TPSA) is 35.2 Å². The molecule has 0 bridgehead atoms. The Morgan fingerprint density at radius 1 is 1.15 bits per heavy atom. The molecule has 20 heavy (non-hydrogen) atoms. The van der Waals surface area contributed by atoms with Crippen LogP contribution in [-0.2, 0) is 0 Å². The zero-order valence-electron chi connectivity index (χ0n) is 11.9. The normalized spacial score (nSPS) is 12.2. The molecule has 0 aliphatic rings. The van der Waals surface area contributed by atoms with Crippen LogP contribution in [0.3, 0.4) is 0 Å². The highest BCUT2D eigenvalue weighted by Crippen LogP contribution is 2.30. The van der Waals surface area contributed by atoms with Crippen LogP contribution in [0, 0.1) is 12.7 Å². The molecule has 1 atom stereocenters. The van der Waals surface area contributed by atoms with Gasteiger partial charge in [0.1, 0.15) is 11.6 Å². The Bertz CT molecular complexity index is 583. The zero-order chi connectivity index (χ0) is 14.5. The minimum absolute atomic E-state index is 0.242. The highest BCUT2D eigenvalue weighted by Gasteiger charge is 2.16. The van der Waals surface area contributed by atoms with Gasteiger partial charge in [-0.25, -0.2) is 4.39 Å². The van der Waals surface area contributed by atoms with Gasteiger partial charge in [-0.05, 0) is 42.7 Å². The van der Waals surface area contributed by atoms with Crippen LogP contribution >= 0.6 is 0 Å². The third-order valence-electron chi connectivity index (χ3n) is 3.28. The number of aryl methyl sites for hydroxylation is 1. The van der Waals surface area contributed by atoms with E-state index in [9.17, 15) is 4.39 Å². The standard InChI is InChI=1S/C17H20FNO/c1-3-10-20-16-7-5-4-6-15(16)17(19)14-9-8-13(18)11-12(14)2/h4-9,11,17H,3,10,19H2,1-2H3. The fraction of sp³-hybridized carbons (Fsp3) is 0.294.